The van der Waals surface area contributed by atoms with Crippen molar-refractivity contribution in [2.45, 2.75) is 52.4 Å². The van der Waals surface area contributed by atoms with Crippen LogP contribution in [0.3, 0.4) is 0 Å². The Hall–Kier alpha value is -4.65. The first-order valence-corrected chi connectivity index (χ1v) is 12.9. The minimum absolute atomic E-state index is 0.102. The van der Waals surface area contributed by atoms with Crippen LogP contribution in [0, 0.1) is 0 Å². The largest absolute Gasteiger partial charge is 0.573 e. The number of hydrogen-bond acceptors (Lipinski definition) is 9. The number of nitrogens with zero attached hydrogens (tertiary/aromatic N) is 3. The van der Waals surface area contributed by atoms with Gasteiger partial charge in [-0.05, 0) is 62.7 Å². The van der Waals surface area contributed by atoms with E-state index in [0.29, 0.717) is 28.1 Å². The maximum atomic E-state index is 12.6. The second-order valence-corrected chi connectivity index (χ2v) is 9.20. The molecule has 1 N–H and O–H groups in total. The second kappa shape index (κ2) is 13.3. The van der Waals surface area contributed by atoms with Gasteiger partial charge < -0.3 is 28.5 Å². The maximum absolute atomic E-state index is 12.6. The highest BCUT2D eigenvalue weighted by molar-refractivity contribution is 5.76. The minimum Gasteiger partial charge on any atom is -0.484 e. The number of aromatic nitrogens is 3. The zero-order valence-corrected chi connectivity index (χ0v) is 22.9. The summed E-state index contributed by atoms with van der Waals surface area (Å²) in [6.07, 6.45) is -2.80. The summed E-state index contributed by atoms with van der Waals surface area (Å²) in [6, 6.07) is 12.2. The molecule has 0 spiro atoms. The van der Waals surface area contributed by atoms with E-state index in [2.05, 4.69) is 19.7 Å². The van der Waals surface area contributed by atoms with Crippen molar-refractivity contribution in [3.63, 3.8) is 0 Å². The van der Waals surface area contributed by atoms with Crippen LogP contribution in [0.5, 0.6) is 17.5 Å². The van der Waals surface area contributed by atoms with Crippen molar-refractivity contribution in [1.82, 2.24) is 15.0 Å². The Labute approximate surface area is 239 Å². The molecule has 4 aromatic rings. The van der Waals surface area contributed by atoms with Gasteiger partial charge in [0, 0.05) is 36.5 Å². The predicted molar refractivity (Wildman–Crippen MR) is 143 cm³/mol. The van der Waals surface area contributed by atoms with Crippen LogP contribution in [0.25, 0.3) is 22.6 Å². The number of halogens is 3. The third kappa shape index (κ3) is 8.43. The van der Waals surface area contributed by atoms with E-state index < -0.39 is 18.4 Å². The molecule has 0 saturated carbocycles. The number of carboxylic acids is 1. The molecule has 42 heavy (non-hydrogen) atoms. The number of alkyl halides is 3. The van der Waals surface area contributed by atoms with E-state index in [0.717, 1.165) is 0 Å². The number of oxazole rings is 1. The first-order chi connectivity index (χ1) is 20.0. The molecule has 1 unspecified atom stereocenters. The van der Waals surface area contributed by atoms with Crippen LogP contribution in [0.2, 0.25) is 0 Å². The Morgan fingerprint density at radius 2 is 1.74 bits per heavy atom. The van der Waals surface area contributed by atoms with Gasteiger partial charge in [0.2, 0.25) is 5.89 Å². The fourth-order valence-corrected chi connectivity index (χ4v) is 3.88. The molecule has 222 valence electrons. The number of rotatable bonds is 13. The molecule has 2 aromatic heterocycles. The number of ether oxygens (including phenoxy) is 4. The van der Waals surface area contributed by atoms with E-state index >= 15 is 0 Å². The molecule has 10 nitrogen and oxygen atoms in total. The second-order valence-electron chi connectivity index (χ2n) is 9.20. The highest BCUT2D eigenvalue weighted by Gasteiger charge is 2.31. The first kappa shape index (κ1) is 30.3. The van der Waals surface area contributed by atoms with E-state index in [1.54, 1.807) is 31.2 Å². The fraction of sp³-hybridized carbons (Fsp3) is 0.310. The number of carbonyl (C=O) groups is 1. The standard InChI is InChI=1S/C29H28F3N3O7/c1-4-38-23(27(36)37)13-18-6-5-7-22(12-18)39-16-24-35-25(20-14-33-28(34-15-20)40-17(2)3)26(41-24)19-8-10-21(11-9-19)42-29(30,31)32/h5-12,14-15,17,23H,4,13,16H2,1-3H3,(H,36,37). The van der Waals surface area contributed by atoms with Gasteiger partial charge in [-0.2, -0.15) is 0 Å². The summed E-state index contributed by atoms with van der Waals surface area (Å²) in [5.74, 6) is -0.580. The number of aliphatic carboxylic acids is 1. The summed E-state index contributed by atoms with van der Waals surface area (Å²) in [7, 11) is 0. The lowest BCUT2D eigenvalue weighted by atomic mass is 10.1. The average molecular weight is 588 g/mol. The molecule has 4 rings (SSSR count). The summed E-state index contributed by atoms with van der Waals surface area (Å²) in [4.78, 5) is 24.4. The maximum Gasteiger partial charge on any atom is 0.573 e. The van der Waals surface area contributed by atoms with Crippen molar-refractivity contribution in [2.24, 2.45) is 0 Å². The molecule has 1 atom stereocenters. The Balaban J connectivity index is 1.59. The van der Waals surface area contributed by atoms with Crippen LogP contribution >= 0.6 is 0 Å². The molecule has 2 aromatic carbocycles. The van der Waals surface area contributed by atoms with Gasteiger partial charge in [-0.3, -0.25) is 0 Å². The number of hydrogen-bond donors (Lipinski definition) is 1. The number of carboxylic acid groups (broad SMARTS) is 1. The zero-order chi connectivity index (χ0) is 30.3. The van der Waals surface area contributed by atoms with Gasteiger partial charge in [0.15, 0.2) is 18.5 Å². The van der Waals surface area contributed by atoms with Crippen LogP contribution in [-0.4, -0.2) is 51.2 Å². The molecule has 0 aliphatic carbocycles. The molecule has 0 aliphatic rings. The summed E-state index contributed by atoms with van der Waals surface area (Å²) >= 11 is 0. The monoisotopic (exact) mass is 587 g/mol. The van der Waals surface area contributed by atoms with Gasteiger partial charge >= 0.3 is 18.3 Å². The lowest BCUT2D eigenvalue weighted by Gasteiger charge is -2.13. The first-order valence-electron chi connectivity index (χ1n) is 12.9. The van der Waals surface area contributed by atoms with Gasteiger partial charge in [0.05, 0.1) is 6.10 Å². The van der Waals surface area contributed by atoms with Gasteiger partial charge in [-0.25, -0.2) is 19.7 Å². The van der Waals surface area contributed by atoms with Crippen LogP contribution in [0.1, 0.15) is 32.2 Å². The quantitative estimate of drug-likeness (QED) is 0.196. The van der Waals surface area contributed by atoms with Crippen molar-refractivity contribution in [3.8, 4) is 40.1 Å². The van der Waals surface area contributed by atoms with Crippen LogP contribution in [0.15, 0.2) is 65.3 Å². The molecule has 0 amide bonds. The van der Waals surface area contributed by atoms with E-state index in [1.807, 2.05) is 13.8 Å². The van der Waals surface area contributed by atoms with Crippen LogP contribution in [0.4, 0.5) is 13.2 Å². The van der Waals surface area contributed by atoms with Crippen molar-refractivity contribution >= 4 is 5.97 Å². The Morgan fingerprint density at radius 1 is 1.02 bits per heavy atom. The van der Waals surface area contributed by atoms with E-state index in [4.69, 9.17) is 18.6 Å². The fourth-order valence-electron chi connectivity index (χ4n) is 3.88. The van der Waals surface area contributed by atoms with Gasteiger partial charge in [0.25, 0.3) is 0 Å². The highest BCUT2D eigenvalue weighted by atomic mass is 19.4. The Kier molecular flexibility index (Phi) is 9.63. The van der Waals surface area contributed by atoms with Crippen molar-refractivity contribution in [3.05, 3.63) is 72.4 Å². The predicted octanol–water partition coefficient (Wildman–Crippen LogP) is 6.10. The molecule has 2 heterocycles. The SMILES string of the molecule is CCOC(Cc1cccc(OCc2nc(-c3cnc(OC(C)C)nc3)c(-c3ccc(OC(F)(F)F)cc3)o2)c1)C(=O)O. The van der Waals surface area contributed by atoms with Crippen molar-refractivity contribution in [2.75, 3.05) is 6.61 Å². The van der Waals surface area contributed by atoms with Crippen molar-refractivity contribution < 1.29 is 46.4 Å². The van der Waals surface area contributed by atoms with Gasteiger partial charge in [-0.15, -0.1) is 13.2 Å². The normalized spacial score (nSPS) is 12.3. The van der Waals surface area contributed by atoms with Crippen LogP contribution in [-0.2, 0) is 22.6 Å². The molecule has 0 saturated heterocycles. The molecule has 0 fully saturated rings. The summed E-state index contributed by atoms with van der Waals surface area (Å²) in [5.41, 5.74) is 1.94. The van der Waals surface area contributed by atoms with Gasteiger partial charge in [0.1, 0.15) is 17.2 Å². The third-order valence-electron chi connectivity index (χ3n) is 5.59. The molecular weight excluding hydrogens is 559 g/mol. The Morgan fingerprint density at radius 3 is 2.36 bits per heavy atom. The summed E-state index contributed by atoms with van der Waals surface area (Å²) in [6.45, 7) is 5.56. The highest BCUT2D eigenvalue weighted by Crippen LogP contribution is 2.34. The number of benzene rings is 2. The average Bonchev–Trinajstić information content (AvgIpc) is 3.36. The zero-order valence-electron chi connectivity index (χ0n) is 22.9. The molecular formula is C29H28F3N3O7. The van der Waals surface area contributed by atoms with Crippen molar-refractivity contribution in [1.29, 1.82) is 0 Å². The van der Waals surface area contributed by atoms with E-state index in [-0.39, 0.29) is 49.1 Å². The smallest absolute Gasteiger partial charge is 0.484 e. The summed E-state index contributed by atoms with van der Waals surface area (Å²) < 4.78 is 64.5. The third-order valence-corrected chi connectivity index (χ3v) is 5.59. The molecule has 0 aliphatic heterocycles. The van der Waals surface area contributed by atoms with Gasteiger partial charge in [-0.1, -0.05) is 12.1 Å². The Bertz CT molecular complexity index is 1470. The summed E-state index contributed by atoms with van der Waals surface area (Å²) in [5, 5.41) is 9.37. The lowest BCUT2D eigenvalue weighted by Crippen LogP contribution is -2.26. The molecule has 13 heteroatoms. The molecule has 0 radical (unpaired) electrons. The molecule has 0 bridgehead atoms. The minimum atomic E-state index is -4.82. The van der Waals surface area contributed by atoms with Crippen LogP contribution < -0.4 is 14.2 Å². The topological polar surface area (TPSA) is 126 Å². The van der Waals surface area contributed by atoms with E-state index in [1.165, 1.54) is 36.7 Å². The van der Waals surface area contributed by atoms with E-state index in [9.17, 15) is 23.1 Å². The lowest BCUT2D eigenvalue weighted by molar-refractivity contribution is -0.274.